The average Bonchev–Trinajstić information content (AvgIpc) is 2.87. The highest BCUT2D eigenvalue weighted by atomic mass is 35.5. The Balaban J connectivity index is 2.33. The summed E-state index contributed by atoms with van der Waals surface area (Å²) in [5, 5.41) is 4.83. The molecule has 1 heterocycles. The van der Waals surface area contributed by atoms with Crippen LogP contribution in [0, 0.1) is 0 Å². The van der Waals surface area contributed by atoms with Crippen molar-refractivity contribution in [3.63, 3.8) is 0 Å². The van der Waals surface area contributed by atoms with Gasteiger partial charge in [-0.3, -0.25) is 4.79 Å². The monoisotopic (exact) mass is 278 g/mol. The second-order valence-electron chi connectivity index (χ2n) is 4.32. The molecule has 0 saturated carbocycles. The van der Waals surface area contributed by atoms with Crippen molar-refractivity contribution in [1.82, 2.24) is 14.7 Å². The standard InChI is InChI=1S/C13H15ClN4O/c1-17(2)13(19)12-5-6-18(16-12)10-4-3-9(8-15)11(14)7-10/h3-7H,8,15H2,1-2H3. The molecule has 1 aromatic carbocycles. The molecule has 0 aliphatic carbocycles. The molecule has 19 heavy (non-hydrogen) atoms. The fourth-order valence-electron chi connectivity index (χ4n) is 1.66. The largest absolute Gasteiger partial charge is 0.343 e. The van der Waals surface area contributed by atoms with Gasteiger partial charge in [0.1, 0.15) is 0 Å². The number of nitrogens with zero attached hydrogens (tertiary/aromatic N) is 3. The quantitative estimate of drug-likeness (QED) is 0.929. The minimum atomic E-state index is -0.136. The first-order valence-electron chi connectivity index (χ1n) is 5.79. The third-order valence-electron chi connectivity index (χ3n) is 2.74. The minimum Gasteiger partial charge on any atom is -0.343 e. The van der Waals surface area contributed by atoms with Gasteiger partial charge in [0.05, 0.1) is 5.69 Å². The molecule has 0 spiro atoms. The third kappa shape index (κ3) is 2.77. The second kappa shape index (κ2) is 5.42. The van der Waals surface area contributed by atoms with Crippen molar-refractivity contribution in [2.45, 2.75) is 6.54 Å². The van der Waals surface area contributed by atoms with Crippen molar-refractivity contribution in [1.29, 1.82) is 0 Å². The first-order chi connectivity index (χ1) is 9.02. The molecule has 5 nitrogen and oxygen atoms in total. The van der Waals surface area contributed by atoms with E-state index in [9.17, 15) is 4.79 Å². The van der Waals surface area contributed by atoms with Crippen LogP contribution in [0.1, 0.15) is 16.1 Å². The molecule has 0 saturated heterocycles. The fraction of sp³-hybridized carbons (Fsp3) is 0.231. The summed E-state index contributed by atoms with van der Waals surface area (Å²) in [7, 11) is 3.38. The SMILES string of the molecule is CN(C)C(=O)c1ccn(-c2ccc(CN)c(Cl)c2)n1. The van der Waals surface area contributed by atoms with Crippen molar-refractivity contribution in [3.8, 4) is 5.69 Å². The van der Waals surface area contributed by atoms with Gasteiger partial charge in [0, 0.05) is 31.9 Å². The maximum absolute atomic E-state index is 11.8. The highest BCUT2D eigenvalue weighted by molar-refractivity contribution is 6.31. The first kappa shape index (κ1) is 13.6. The van der Waals surface area contributed by atoms with E-state index in [4.69, 9.17) is 17.3 Å². The third-order valence-corrected chi connectivity index (χ3v) is 3.09. The molecule has 0 bridgehead atoms. The van der Waals surface area contributed by atoms with Crippen LogP contribution in [-0.2, 0) is 6.54 Å². The van der Waals surface area contributed by atoms with Gasteiger partial charge in [-0.05, 0) is 23.8 Å². The zero-order valence-corrected chi connectivity index (χ0v) is 11.6. The van der Waals surface area contributed by atoms with Gasteiger partial charge in [0.2, 0.25) is 0 Å². The van der Waals surface area contributed by atoms with E-state index in [-0.39, 0.29) is 5.91 Å². The van der Waals surface area contributed by atoms with Crippen LogP contribution in [0.3, 0.4) is 0 Å². The normalized spacial score (nSPS) is 10.5. The lowest BCUT2D eigenvalue weighted by Crippen LogP contribution is -2.22. The number of carbonyl (C=O) groups is 1. The van der Waals surface area contributed by atoms with Gasteiger partial charge in [-0.1, -0.05) is 17.7 Å². The van der Waals surface area contributed by atoms with E-state index >= 15 is 0 Å². The molecular formula is C13H15ClN4O. The first-order valence-corrected chi connectivity index (χ1v) is 6.17. The minimum absolute atomic E-state index is 0.136. The van der Waals surface area contributed by atoms with Crippen molar-refractivity contribution in [2.75, 3.05) is 14.1 Å². The average molecular weight is 279 g/mol. The molecule has 6 heteroatoms. The Hall–Kier alpha value is -1.85. The van der Waals surface area contributed by atoms with Gasteiger partial charge >= 0.3 is 0 Å². The summed E-state index contributed by atoms with van der Waals surface area (Å²) in [5.41, 5.74) is 7.62. The predicted octanol–water partition coefficient (Wildman–Crippen LogP) is 1.69. The Morgan fingerprint density at radius 1 is 1.42 bits per heavy atom. The Bertz CT molecular complexity index is 606. The molecule has 0 aliphatic rings. The molecule has 0 unspecified atom stereocenters. The molecule has 0 fully saturated rings. The lowest BCUT2D eigenvalue weighted by atomic mass is 10.2. The Labute approximate surface area is 116 Å². The summed E-state index contributed by atoms with van der Waals surface area (Å²) < 4.78 is 1.61. The number of nitrogens with two attached hydrogens (primary N) is 1. The summed E-state index contributed by atoms with van der Waals surface area (Å²) in [6.07, 6.45) is 1.73. The number of hydrogen-bond acceptors (Lipinski definition) is 3. The van der Waals surface area contributed by atoms with Crippen LogP contribution in [0.2, 0.25) is 5.02 Å². The zero-order valence-electron chi connectivity index (χ0n) is 10.8. The van der Waals surface area contributed by atoms with Crippen LogP contribution in [0.4, 0.5) is 0 Å². The summed E-state index contributed by atoms with van der Waals surface area (Å²) in [4.78, 5) is 13.2. The van der Waals surface area contributed by atoms with E-state index < -0.39 is 0 Å². The summed E-state index contributed by atoms with van der Waals surface area (Å²) in [6.45, 7) is 0.391. The van der Waals surface area contributed by atoms with E-state index in [0.29, 0.717) is 17.3 Å². The fourth-order valence-corrected chi connectivity index (χ4v) is 1.91. The number of aromatic nitrogens is 2. The number of carbonyl (C=O) groups excluding carboxylic acids is 1. The van der Waals surface area contributed by atoms with Crippen LogP contribution in [0.15, 0.2) is 30.5 Å². The summed E-state index contributed by atoms with van der Waals surface area (Å²) in [6, 6.07) is 7.17. The molecular weight excluding hydrogens is 264 g/mol. The van der Waals surface area contributed by atoms with E-state index in [2.05, 4.69) is 5.10 Å². The molecule has 2 rings (SSSR count). The predicted molar refractivity (Wildman–Crippen MR) is 74.5 cm³/mol. The molecule has 1 aromatic heterocycles. The topological polar surface area (TPSA) is 64.2 Å². The van der Waals surface area contributed by atoms with Crippen molar-refractivity contribution in [2.24, 2.45) is 5.73 Å². The van der Waals surface area contributed by atoms with Gasteiger partial charge in [-0.2, -0.15) is 5.10 Å². The molecule has 0 atom stereocenters. The van der Waals surface area contributed by atoms with Crippen LogP contribution >= 0.6 is 11.6 Å². The Kier molecular flexibility index (Phi) is 3.87. The maximum atomic E-state index is 11.8. The number of rotatable bonds is 3. The molecule has 1 amide bonds. The zero-order chi connectivity index (χ0) is 14.0. The number of benzene rings is 1. The van der Waals surface area contributed by atoms with Crippen molar-refractivity contribution in [3.05, 3.63) is 46.7 Å². The molecule has 2 aromatic rings. The summed E-state index contributed by atoms with van der Waals surface area (Å²) in [5.74, 6) is -0.136. The van der Waals surface area contributed by atoms with E-state index in [1.54, 1.807) is 37.1 Å². The smallest absolute Gasteiger partial charge is 0.273 e. The van der Waals surface area contributed by atoms with Crippen LogP contribution in [-0.4, -0.2) is 34.7 Å². The van der Waals surface area contributed by atoms with Gasteiger partial charge in [0.25, 0.3) is 5.91 Å². The van der Waals surface area contributed by atoms with E-state index in [0.717, 1.165) is 11.3 Å². The number of hydrogen-bond donors (Lipinski definition) is 1. The number of amides is 1. The lowest BCUT2D eigenvalue weighted by molar-refractivity contribution is 0.0821. The van der Waals surface area contributed by atoms with Gasteiger partial charge in [-0.25, -0.2) is 4.68 Å². The molecule has 0 radical (unpaired) electrons. The Morgan fingerprint density at radius 2 is 2.16 bits per heavy atom. The van der Waals surface area contributed by atoms with E-state index in [1.165, 1.54) is 4.90 Å². The van der Waals surface area contributed by atoms with E-state index in [1.807, 2.05) is 12.1 Å². The molecule has 100 valence electrons. The van der Waals surface area contributed by atoms with Crippen LogP contribution in [0.5, 0.6) is 0 Å². The van der Waals surface area contributed by atoms with Crippen LogP contribution < -0.4 is 5.73 Å². The number of halogens is 1. The molecule has 2 N–H and O–H groups in total. The van der Waals surface area contributed by atoms with Gasteiger partial charge in [-0.15, -0.1) is 0 Å². The second-order valence-corrected chi connectivity index (χ2v) is 4.73. The highest BCUT2D eigenvalue weighted by Crippen LogP contribution is 2.19. The van der Waals surface area contributed by atoms with Gasteiger partial charge in [0.15, 0.2) is 5.69 Å². The lowest BCUT2D eigenvalue weighted by Gasteiger charge is -2.07. The van der Waals surface area contributed by atoms with Crippen LogP contribution in [0.25, 0.3) is 5.69 Å². The van der Waals surface area contributed by atoms with Gasteiger partial charge < -0.3 is 10.6 Å². The summed E-state index contributed by atoms with van der Waals surface area (Å²) >= 11 is 6.10. The Morgan fingerprint density at radius 3 is 2.74 bits per heavy atom. The maximum Gasteiger partial charge on any atom is 0.273 e. The molecule has 0 aliphatic heterocycles. The van der Waals surface area contributed by atoms with Crippen molar-refractivity contribution < 1.29 is 4.79 Å². The van der Waals surface area contributed by atoms with Crippen molar-refractivity contribution >= 4 is 17.5 Å². The highest BCUT2D eigenvalue weighted by Gasteiger charge is 2.12.